The first-order chi connectivity index (χ1) is 4.50. The van der Waals surface area contributed by atoms with E-state index >= 15 is 0 Å². The molecule has 1 heterocycles. The third-order valence-electron chi connectivity index (χ3n) is 0.912. The Hall–Kier alpha value is 0.140. The molecule has 0 aromatic heterocycles. The van der Waals surface area contributed by atoms with Gasteiger partial charge in [-0.3, -0.25) is 0 Å². The van der Waals surface area contributed by atoms with Gasteiger partial charge in [0.15, 0.2) is 4.71 Å². The highest BCUT2D eigenvalue weighted by Crippen LogP contribution is 2.17. The predicted octanol–water partition coefficient (Wildman–Crippen LogP) is -2.36. The lowest BCUT2D eigenvalue weighted by atomic mass is 11.2. The van der Waals surface area contributed by atoms with Gasteiger partial charge < -0.3 is 5.73 Å². The van der Waals surface area contributed by atoms with Crippen LogP contribution in [0.5, 0.6) is 0 Å². The molecule has 0 amide bonds. The number of nitrogens with two attached hydrogens (primary N) is 2. The summed E-state index contributed by atoms with van der Waals surface area (Å²) in [5.74, 6) is 0. The molecule has 0 aliphatic carbocycles. The number of primary sulfonamides is 1. The van der Waals surface area contributed by atoms with Crippen molar-refractivity contribution in [2.45, 2.75) is 10.2 Å². The molecule has 0 aromatic rings. The quantitative estimate of drug-likeness (QED) is 0.363. The maximum absolute atomic E-state index is 10.6. The Morgan fingerprint density at radius 2 is 2.00 bits per heavy atom. The lowest BCUT2D eigenvalue weighted by Crippen LogP contribution is -2.41. The number of thioether (sulfide) groups is 1. The van der Waals surface area contributed by atoms with Gasteiger partial charge in [-0.1, -0.05) is 11.8 Å². The van der Waals surface area contributed by atoms with E-state index < -0.39 is 20.2 Å². The molecular formula is C2H8N4O2S2. The van der Waals surface area contributed by atoms with Crippen molar-refractivity contribution in [3.63, 3.8) is 0 Å². The lowest BCUT2D eigenvalue weighted by Gasteiger charge is -2.02. The molecule has 2 unspecified atom stereocenters. The van der Waals surface area contributed by atoms with Crippen LogP contribution in [0.2, 0.25) is 0 Å². The highest BCUT2D eigenvalue weighted by Gasteiger charge is 2.29. The molecule has 1 aliphatic rings. The first-order valence-electron chi connectivity index (χ1n) is 2.44. The molecule has 0 aromatic carbocycles. The molecule has 0 radical (unpaired) electrons. The third-order valence-corrected chi connectivity index (χ3v) is 3.54. The number of sulfonamides is 1. The molecule has 1 fully saturated rings. The van der Waals surface area contributed by atoms with Gasteiger partial charge in [0.05, 0.1) is 0 Å². The summed E-state index contributed by atoms with van der Waals surface area (Å²) in [6, 6.07) is 0. The summed E-state index contributed by atoms with van der Waals surface area (Å²) >= 11 is 1.02. The maximum atomic E-state index is 10.6. The van der Waals surface area contributed by atoms with Gasteiger partial charge in [-0.25, -0.2) is 24.4 Å². The largest absolute Gasteiger partial charge is 0.306 e. The Labute approximate surface area is 62.7 Å². The fraction of sp³-hybridized carbons (Fsp3) is 1.00. The average molecular weight is 184 g/mol. The lowest BCUT2D eigenvalue weighted by molar-refractivity contribution is 0.553. The fourth-order valence-electron chi connectivity index (χ4n) is 0.511. The van der Waals surface area contributed by atoms with Crippen LogP contribution in [0.15, 0.2) is 0 Å². The van der Waals surface area contributed by atoms with Crippen LogP contribution >= 0.6 is 11.8 Å². The molecule has 1 rings (SSSR count). The second kappa shape index (κ2) is 2.64. The molecule has 0 saturated carbocycles. The summed E-state index contributed by atoms with van der Waals surface area (Å²) < 4.78 is 20.3. The SMILES string of the molecule is NC1NNC(S(N)(=O)=O)S1. The van der Waals surface area contributed by atoms with Crippen molar-refractivity contribution in [2.24, 2.45) is 10.9 Å². The molecule has 1 saturated heterocycles. The highest BCUT2D eigenvalue weighted by molar-refractivity contribution is 8.13. The van der Waals surface area contributed by atoms with E-state index in [1.165, 1.54) is 0 Å². The summed E-state index contributed by atoms with van der Waals surface area (Å²) in [5, 5.41) is 4.80. The van der Waals surface area contributed by atoms with Gasteiger partial charge in [0.1, 0.15) is 5.50 Å². The van der Waals surface area contributed by atoms with Crippen LogP contribution in [-0.2, 0) is 10.0 Å². The van der Waals surface area contributed by atoms with Crippen LogP contribution < -0.4 is 21.7 Å². The highest BCUT2D eigenvalue weighted by atomic mass is 32.3. The van der Waals surface area contributed by atoms with E-state index in [1.54, 1.807) is 0 Å². The Morgan fingerprint density at radius 1 is 1.40 bits per heavy atom. The first kappa shape index (κ1) is 8.24. The smallest absolute Gasteiger partial charge is 0.236 e. The molecule has 6 nitrogen and oxygen atoms in total. The van der Waals surface area contributed by atoms with Gasteiger partial charge >= 0.3 is 0 Å². The van der Waals surface area contributed by atoms with Gasteiger partial charge in [0, 0.05) is 0 Å². The Balaban J connectivity index is 2.62. The molecule has 10 heavy (non-hydrogen) atoms. The van der Waals surface area contributed by atoms with E-state index in [-0.39, 0.29) is 0 Å². The van der Waals surface area contributed by atoms with E-state index in [0.29, 0.717) is 0 Å². The molecule has 0 spiro atoms. The maximum Gasteiger partial charge on any atom is 0.236 e. The average Bonchev–Trinajstić information content (AvgIpc) is 2.11. The van der Waals surface area contributed by atoms with Crippen molar-refractivity contribution >= 4 is 21.8 Å². The fourth-order valence-corrected chi connectivity index (χ4v) is 2.26. The minimum atomic E-state index is -3.53. The first-order valence-corrected chi connectivity index (χ1v) is 4.99. The second-order valence-electron chi connectivity index (χ2n) is 1.77. The summed E-state index contributed by atoms with van der Waals surface area (Å²) in [7, 11) is -3.53. The number of hydrogen-bond donors (Lipinski definition) is 4. The van der Waals surface area contributed by atoms with Crippen LogP contribution in [0.25, 0.3) is 0 Å². The van der Waals surface area contributed by atoms with E-state index in [1.807, 2.05) is 0 Å². The molecule has 0 bridgehead atoms. The van der Waals surface area contributed by atoms with Crippen molar-refractivity contribution in [3.8, 4) is 0 Å². The van der Waals surface area contributed by atoms with Crippen molar-refractivity contribution in [1.29, 1.82) is 0 Å². The van der Waals surface area contributed by atoms with Gasteiger partial charge in [-0.15, -0.1) is 0 Å². The molecule has 2 atom stereocenters. The summed E-state index contributed by atoms with van der Waals surface area (Å²) in [4.78, 5) is 0. The van der Waals surface area contributed by atoms with Crippen LogP contribution in [0, 0.1) is 0 Å². The molecule has 1 aliphatic heterocycles. The number of hydrogen-bond acceptors (Lipinski definition) is 6. The molecule has 6 N–H and O–H groups in total. The molecular weight excluding hydrogens is 176 g/mol. The monoisotopic (exact) mass is 184 g/mol. The van der Waals surface area contributed by atoms with Gasteiger partial charge in [0.2, 0.25) is 10.0 Å². The van der Waals surface area contributed by atoms with E-state index in [0.717, 1.165) is 11.8 Å². The van der Waals surface area contributed by atoms with Crippen molar-refractivity contribution in [2.75, 3.05) is 0 Å². The number of nitrogens with one attached hydrogen (secondary N) is 2. The minimum absolute atomic E-state index is 0.414. The van der Waals surface area contributed by atoms with Crippen LogP contribution in [0.3, 0.4) is 0 Å². The Morgan fingerprint density at radius 3 is 2.20 bits per heavy atom. The molecule has 8 heteroatoms. The zero-order chi connectivity index (χ0) is 7.78. The zero-order valence-electron chi connectivity index (χ0n) is 4.94. The topological polar surface area (TPSA) is 110 Å². The van der Waals surface area contributed by atoms with Crippen molar-refractivity contribution in [1.82, 2.24) is 10.9 Å². The predicted molar refractivity (Wildman–Crippen MR) is 38.7 cm³/mol. The van der Waals surface area contributed by atoms with Gasteiger partial charge in [0.25, 0.3) is 0 Å². The van der Waals surface area contributed by atoms with Crippen LogP contribution in [0.4, 0.5) is 0 Å². The second-order valence-corrected chi connectivity index (χ2v) is 4.97. The number of hydrazine groups is 1. The third kappa shape index (κ3) is 1.81. The Bertz CT molecular complexity index is 213. The summed E-state index contributed by atoms with van der Waals surface area (Å²) in [5.41, 5.74) is 9.81. The van der Waals surface area contributed by atoms with E-state index in [9.17, 15) is 8.42 Å². The number of rotatable bonds is 1. The van der Waals surface area contributed by atoms with E-state index in [2.05, 4.69) is 10.9 Å². The molecule has 60 valence electrons. The van der Waals surface area contributed by atoms with Gasteiger partial charge in [-0.2, -0.15) is 0 Å². The summed E-state index contributed by atoms with van der Waals surface area (Å²) in [6.07, 6.45) is 0. The summed E-state index contributed by atoms with van der Waals surface area (Å²) in [6.45, 7) is 0. The minimum Gasteiger partial charge on any atom is -0.306 e. The van der Waals surface area contributed by atoms with Crippen molar-refractivity contribution < 1.29 is 8.42 Å². The van der Waals surface area contributed by atoms with Crippen LogP contribution in [-0.4, -0.2) is 18.6 Å². The van der Waals surface area contributed by atoms with E-state index in [4.69, 9.17) is 10.9 Å². The standard InChI is InChI=1S/C2H8N4O2S2/c3-1-5-6-2(9-1)10(4,7)8/h1-2,5-6H,3H2,(H2,4,7,8). The van der Waals surface area contributed by atoms with Crippen LogP contribution in [0.1, 0.15) is 0 Å². The van der Waals surface area contributed by atoms with Gasteiger partial charge in [-0.05, 0) is 0 Å². The van der Waals surface area contributed by atoms with Crippen molar-refractivity contribution in [3.05, 3.63) is 0 Å². The Kier molecular flexibility index (Phi) is 2.18. The normalized spacial score (nSPS) is 34.6. The zero-order valence-corrected chi connectivity index (χ0v) is 6.58.